The highest BCUT2D eigenvalue weighted by Gasteiger charge is 1.82. The zero-order valence-electron chi connectivity index (χ0n) is 10.0. The van der Waals surface area contributed by atoms with Gasteiger partial charge in [0.25, 0.3) is 0 Å². The summed E-state index contributed by atoms with van der Waals surface area (Å²) in [7, 11) is 2.88. The minimum Gasteiger partial charge on any atom is -0.426 e. The molecule has 0 aromatic heterocycles. The maximum atomic E-state index is 4.89. The van der Waals surface area contributed by atoms with Crippen molar-refractivity contribution in [1.29, 1.82) is 0 Å². The molecule has 0 rings (SSSR count). The molecule has 0 aromatic carbocycles. The first-order chi connectivity index (χ1) is 6.18. The summed E-state index contributed by atoms with van der Waals surface area (Å²) in [5.74, 6) is 0. The molecule has 82 valence electrons. The molecule has 0 radical (unpaired) electrons. The maximum Gasteiger partial charge on any atom is 0.146 e. The van der Waals surface area contributed by atoms with Crippen LogP contribution in [0.5, 0.6) is 0 Å². The van der Waals surface area contributed by atoms with E-state index in [1.54, 1.807) is 0 Å². The largest absolute Gasteiger partial charge is 0.426 e. The maximum absolute atomic E-state index is 4.89. The molecule has 0 aliphatic heterocycles. The van der Waals surface area contributed by atoms with E-state index in [2.05, 4.69) is 12.2 Å². The van der Waals surface area contributed by atoms with Gasteiger partial charge >= 0.3 is 0 Å². The average Bonchev–Trinajstić information content (AvgIpc) is 2.14. The molecule has 3 heteroatoms. The predicted molar refractivity (Wildman–Crippen MR) is 64.2 cm³/mol. The van der Waals surface area contributed by atoms with Crippen molar-refractivity contribution in [3.63, 3.8) is 0 Å². The van der Waals surface area contributed by atoms with E-state index in [-0.39, 0.29) is 0 Å². The van der Waals surface area contributed by atoms with Crippen LogP contribution in [0.2, 0.25) is 0 Å². The number of rotatable bonds is 6. The van der Waals surface area contributed by atoms with Crippen LogP contribution in [-0.2, 0) is 4.43 Å². The van der Waals surface area contributed by atoms with Crippen LogP contribution in [0.3, 0.4) is 0 Å². The average molecular weight is 205 g/mol. The highest BCUT2D eigenvalue weighted by atomic mass is 28.2. The Balaban J connectivity index is 0. The highest BCUT2D eigenvalue weighted by molar-refractivity contribution is 5.98. The Hall–Kier alpha value is 0.137. The summed E-state index contributed by atoms with van der Waals surface area (Å²) in [4.78, 5) is 0. The van der Waals surface area contributed by atoms with Crippen LogP contribution in [0.1, 0.15) is 46.5 Å². The van der Waals surface area contributed by atoms with E-state index in [9.17, 15) is 0 Å². The van der Waals surface area contributed by atoms with Gasteiger partial charge in [-0.25, -0.2) is 0 Å². The number of nitrogens with one attached hydrogen (secondary N) is 1. The summed E-state index contributed by atoms with van der Waals surface area (Å²) in [6.07, 6.45) is 5.90. The molecule has 0 atom stereocenters. The van der Waals surface area contributed by atoms with Gasteiger partial charge in [0.15, 0.2) is 0 Å². The van der Waals surface area contributed by atoms with Gasteiger partial charge in [0.1, 0.15) is 10.5 Å². The molecule has 0 amide bonds. The fraction of sp³-hybridized carbons (Fsp3) is 1.00. The van der Waals surface area contributed by atoms with Crippen molar-refractivity contribution in [1.82, 2.24) is 5.32 Å². The van der Waals surface area contributed by atoms with Crippen molar-refractivity contribution < 1.29 is 4.43 Å². The fourth-order valence-corrected chi connectivity index (χ4v) is 0.729. The molecule has 0 unspecified atom stereocenters. The zero-order chi connectivity index (χ0) is 10.5. The normalized spacial score (nSPS) is 9.92. The molecule has 0 bridgehead atoms. The first-order valence-electron chi connectivity index (χ1n) is 5.36. The van der Waals surface area contributed by atoms with Gasteiger partial charge < -0.3 is 9.74 Å². The van der Waals surface area contributed by atoms with Crippen LogP contribution in [-0.4, -0.2) is 30.2 Å². The van der Waals surface area contributed by atoms with Crippen molar-refractivity contribution in [2.45, 2.75) is 52.6 Å². The molecule has 0 heterocycles. The number of hydrogen-bond acceptors (Lipinski definition) is 2. The topological polar surface area (TPSA) is 21.3 Å². The fourth-order valence-electron chi connectivity index (χ4n) is 0.729. The Morgan fingerprint density at radius 1 is 1.23 bits per heavy atom. The van der Waals surface area contributed by atoms with Gasteiger partial charge in [0.05, 0.1) is 0 Å². The molecule has 0 aliphatic carbocycles. The van der Waals surface area contributed by atoms with Crippen LogP contribution in [0, 0.1) is 0 Å². The van der Waals surface area contributed by atoms with Crippen molar-refractivity contribution in [3.05, 3.63) is 0 Å². The first kappa shape index (κ1) is 15.6. The summed E-state index contributed by atoms with van der Waals surface area (Å²) in [6, 6.07) is 0. The van der Waals surface area contributed by atoms with E-state index in [0.29, 0.717) is 6.10 Å². The Morgan fingerprint density at radius 3 is 2.08 bits per heavy atom. The van der Waals surface area contributed by atoms with Gasteiger partial charge in [-0.3, -0.25) is 0 Å². The third-order valence-corrected chi connectivity index (χ3v) is 2.69. The van der Waals surface area contributed by atoms with Gasteiger partial charge in [0, 0.05) is 6.10 Å². The lowest BCUT2D eigenvalue weighted by Crippen LogP contribution is -2.06. The summed E-state index contributed by atoms with van der Waals surface area (Å²) < 4.78 is 4.89. The molecule has 0 aliphatic rings. The van der Waals surface area contributed by atoms with Gasteiger partial charge in [0.2, 0.25) is 0 Å². The van der Waals surface area contributed by atoms with Crippen LogP contribution in [0.4, 0.5) is 0 Å². The third-order valence-electron chi connectivity index (χ3n) is 1.75. The Morgan fingerprint density at radius 2 is 1.77 bits per heavy atom. The van der Waals surface area contributed by atoms with Crippen molar-refractivity contribution in [3.8, 4) is 0 Å². The molecular formula is C10H27NOSi. The van der Waals surface area contributed by atoms with Gasteiger partial charge in [-0.05, 0) is 33.9 Å². The summed E-state index contributed by atoms with van der Waals surface area (Å²) in [5, 5.41) is 3.13. The lowest BCUT2D eigenvalue weighted by molar-refractivity contribution is 0.267. The van der Waals surface area contributed by atoms with Crippen LogP contribution >= 0.6 is 0 Å². The van der Waals surface area contributed by atoms with Crippen LogP contribution in [0.25, 0.3) is 0 Å². The lowest BCUT2D eigenvalue weighted by atomic mass is 10.2. The van der Waals surface area contributed by atoms with Crippen LogP contribution < -0.4 is 5.32 Å². The minimum absolute atomic E-state index is 0.446. The standard InChI is InChI=1S/C7H17N.C3H10OSi/c1-3-4-5-6-7-8-2;1-3(2)4-5/h8H,3-7H2,1-2H3;3H,1-2,5H3. The quantitative estimate of drug-likeness (QED) is 0.524. The molecule has 2 nitrogen and oxygen atoms in total. The number of hydrogen-bond donors (Lipinski definition) is 1. The van der Waals surface area contributed by atoms with Gasteiger partial charge in [-0.15, -0.1) is 0 Å². The minimum atomic E-state index is 0.446. The van der Waals surface area contributed by atoms with Crippen molar-refractivity contribution in [2.75, 3.05) is 13.6 Å². The van der Waals surface area contributed by atoms with E-state index in [4.69, 9.17) is 4.43 Å². The van der Waals surface area contributed by atoms with Crippen molar-refractivity contribution in [2.24, 2.45) is 0 Å². The molecular weight excluding hydrogens is 178 g/mol. The first-order valence-corrected chi connectivity index (χ1v) is 6.18. The Kier molecular flexibility index (Phi) is 17.6. The number of unbranched alkanes of at least 4 members (excludes halogenated alkanes) is 3. The van der Waals surface area contributed by atoms with E-state index < -0.39 is 0 Å². The predicted octanol–water partition coefficient (Wildman–Crippen LogP) is 1.48. The second kappa shape index (κ2) is 14.6. The molecule has 0 saturated heterocycles. The van der Waals surface area contributed by atoms with Crippen LogP contribution in [0.15, 0.2) is 0 Å². The smallest absolute Gasteiger partial charge is 0.146 e. The SMILES string of the molecule is CC(C)O[SiH3].CCCCCCNC. The summed E-state index contributed by atoms with van der Waals surface area (Å²) in [5.41, 5.74) is 0. The van der Waals surface area contributed by atoms with Crippen molar-refractivity contribution >= 4 is 10.5 Å². The van der Waals surface area contributed by atoms with E-state index >= 15 is 0 Å². The molecule has 13 heavy (non-hydrogen) atoms. The molecule has 0 spiro atoms. The van der Waals surface area contributed by atoms with E-state index in [0.717, 1.165) is 10.5 Å². The Bertz CT molecular complexity index is 73.3. The van der Waals surface area contributed by atoms with Gasteiger partial charge in [-0.1, -0.05) is 26.2 Å². The lowest BCUT2D eigenvalue weighted by Gasteiger charge is -1.95. The Labute approximate surface area is 87.0 Å². The van der Waals surface area contributed by atoms with Gasteiger partial charge in [-0.2, -0.15) is 0 Å². The second-order valence-electron chi connectivity index (χ2n) is 3.45. The summed E-state index contributed by atoms with van der Waals surface area (Å²) >= 11 is 0. The summed E-state index contributed by atoms with van der Waals surface area (Å²) in [6.45, 7) is 7.49. The van der Waals surface area contributed by atoms with E-state index in [1.807, 2.05) is 20.9 Å². The highest BCUT2D eigenvalue weighted by Crippen LogP contribution is 1.96. The van der Waals surface area contributed by atoms with E-state index in [1.165, 1.54) is 32.2 Å². The monoisotopic (exact) mass is 205 g/mol. The molecule has 0 aromatic rings. The molecule has 0 saturated carbocycles. The second-order valence-corrected chi connectivity index (χ2v) is 3.92. The third kappa shape index (κ3) is 24.5. The molecule has 1 N–H and O–H groups in total. The molecule has 0 fully saturated rings. The zero-order valence-corrected chi connectivity index (χ0v) is 12.0.